The van der Waals surface area contributed by atoms with E-state index in [9.17, 15) is 25.2 Å². The molecule has 2 unspecified atom stereocenters. The van der Waals surface area contributed by atoms with Crippen LogP contribution in [0.25, 0.3) is 0 Å². The van der Waals surface area contributed by atoms with Gasteiger partial charge in [0.2, 0.25) is 0 Å². The van der Waals surface area contributed by atoms with Crippen LogP contribution in [0.5, 0.6) is 11.5 Å². The molecule has 6 nitrogen and oxygen atoms in total. The van der Waals surface area contributed by atoms with E-state index in [1.54, 1.807) is 6.07 Å². The molecule has 1 saturated heterocycles. The zero-order valence-corrected chi connectivity index (χ0v) is 16.2. The first-order chi connectivity index (χ1) is 13.2. The number of aromatic hydroxyl groups is 2. The Labute approximate surface area is 164 Å². The van der Waals surface area contributed by atoms with Gasteiger partial charge in [0.1, 0.15) is 17.4 Å². The van der Waals surface area contributed by atoms with Crippen LogP contribution in [0.2, 0.25) is 0 Å². The van der Waals surface area contributed by atoms with E-state index >= 15 is 0 Å². The molecule has 6 heteroatoms. The smallest absolute Gasteiger partial charge is 0.161 e. The highest BCUT2D eigenvalue weighted by molar-refractivity contribution is 5.87. The number of nitrogens with zero attached hydrogens (tertiary/aromatic N) is 1. The van der Waals surface area contributed by atoms with Crippen LogP contribution in [-0.4, -0.2) is 68.6 Å². The number of phenols is 2. The largest absolute Gasteiger partial charge is 0.504 e. The van der Waals surface area contributed by atoms with Crippen molar-refractivity contribution < 1.29 is 29.7 Å². The van der Waals surface area contributed by atoms with Crippen molar-refractivity contribution in [2.45, 2.75) is 61.7 Å². The van der Waals surface area contributed by atoms with E-state index in [0.717, 1.165) is 30.6 Å². The molecule has 1 heterocycles. The van der Waals surface area contributed by atoms with Crippen molar-refractivity contribution >= 4 is 5.78 Å². The van der Waals surface area contributed by atoms with E-state index in [2.05, 4.69) is 7.05 Å². The molecule has 4 aliphatic carbocycles. The standard InChI is InChI=1S/C22H27NO5/c1-23(10-12-7-16(12)25)5-4-21-14-9-13-19(21)11(6-17(26)20(13)27)8-18(23)22(21,28)3-2-15(14)24/h6,12,14,16,18,25,28H,2-5,7-10H2,1H3,(H-,26,27)/p+1/t12?,14-,16?,18+,21+,22+,23+/m0/s1. The number of phenolic OH excluding ortho intramolecular Hbond substituents is 2. The number of piperidine rings is 1. The fourth-order valence-electron chi connectivity index (χ4n) is 7.72. The van der Waals surface area contributed by atoms with Crippen LogP contribution in [0, 0.1) is 11.8 Å². The van der Waals surface area contributed by atoms with Crippen molar-refractivity contribution in [2.24, 2.45) is 11.8 Å². The molecular formula is C22H28NO5+. The minimum Gasteiger partial charge on any atom is -0.504 e. The van der Waals surface area contributed by atoms with E-state index in [1.807, 2.05) is 0 Å². The molecule has 5 aliphatic rings. The monoisotopic (exact) mass is 386 g/mol. The van der Waals surface area contributed by atoms with Crippen molar-refractivity contribution in [3.05, 3.63) is 22.8 Å². The second-order valence-electron chi connectivity index (χ2n) is 10.3. The maximum Gasteiger partial charge on any atom is 0.161 e. The minimum absolute atomic E-state index is 0.0629. The number of benzene rings is 1. The van der Waals surface area contributed by atoms with Crippen LogP contribution in [0.1, 0.15) is 42.4 Å². The summed E-state index contributed by atoms with van der Waals surface area (Å²) >= 11 is 0. The Hall–Kier alpha value is -1.63. The van der Waals surface area contributed by atoms with E-state index in [-0.39, 0.29) is 41.3 Å². The van der Waals surface area contributed by atoms with Gasteiger partial charge in [0, 0.05) is 42.1 Å². The molecule has 1 aromatic carbocycles. The first-order valence-electron chi connectivity index (χ1n) is 10.6. The van der Waals surface area contributed by atoms with Gasteiger partial charge in [0.25, 0.3) is 0 Å². The van der Waals surface area contributed by atoms with E-state index < -0.39 is 11.0 Å². The number of ketones is 1. The number of likely N-dealkylation sites (N-methyl/N-ethyl adjacent to an activating group) is 1. The Kier molecular flexibility index (Phi) is 3.03. The summed E-state index contributed by atoms with van der Waals surface area (Å²) in [6, 6.07) is 1.60. The van der Waals surface area contributed by atoms with Crippen molar-refractivity contribution in [1.29, 1.82) is 0 Å². The lowest BCUT2D eigenvalue weighted by Gasteiger charge is -2.65. The zero-order chi connectivity index (χ0) is 19.6. The normalized spacial score (nSPS) is 47.8. The number of hydrogen-bond acceptors (Lipinski definition) is 5. The van der Waals surface area contributed by atoms with Crippen molar-refractivity contribution in [2.75, 3.05) is 20.1 Å². The summed E-state index contributed by atoms with van der Waals surface area (Å²) in [6.07, 6.45) is 3.21. The van der Waals surface area contributed by atoms with Crippen molar-refractivity contribution in [3.63, 3.8) is 0 Å². The van der Waals surface area contributed by atoms with Gasteiger partial charge in [0.05, 0.1) is 26.2 Å². The predicted molar refractivity (Wildman–Crippen MR) is 100.0 cm³/mol. The zero-order valence-electron chi connectivity index (χ0n) is 16.2. The SMILES string of the molecule is C[N@+]1(CC2CC2O)CC[C@]23c4c5cc(O)c(O)c4C[C@H]2C(=O)CC[C@@]3(O)[C@H]1C5. The number of hydrogen-bond donors (Lipinski definition) is 4. The molecule has 6 rings (SSSR count). The Morgan fingerprint density at radius 3 is 2.71 bits per heavy atom. The van der Waals surface area contributed by atoms with E-state index in [4.69, 9.17) is 0 Å². The Bertz CT molecular complexity index is 930. The highest BCUT2D eigenvalue weighted by Crippen LogP contribution is 2.67. The third-order valence-corrected chi connectivity index (χ3v) is 9.10. The third kappa shape index (κ3) is 1.74. The topological polar surface area (TPSA) is 98.0 Å². The lowest BCUT2D eigenvalue weighted by atomic mass is 9.47. The van der Waals surface area contributed by atoms with Crippen LogP contribution in [0.3, 0.4) is 0 Å². The van der Waals surface area contributed by atoms with E-state index in [0.29, 0.717) is 42.2 Å². The molecule has 2 saturated carbocycles. The lowest BCUT2D eigenvalue weighted by Crippen LogP contribution is -2.79. The highest BCUT2D eigenvalue weighted by Gasteiger charge is 2.75. The fourth-order valence-corrected chi connectivity index (χ4v) is 7.72. The predicted octanol–water partition coefficient (Wildman–Crippen LogP) is 0.758. The van der Waals surface area contributed by atoms with Gasteiger partial charge in [-0.05, 0) is 36.5 Å². The van der Waals surface area contributed by atoms with E-state index in [1.165, 1.54) is 0 Å². The maximum absolute atomic E-state index is 13.0. The number of Topliss-reactive ketones (excluding diaryl/α,β-unsaturated/α-hetero) is 1. The molecule has 1 aliphatic heterocycles. The number of aliphatic hydroxyl groups is 2. The molecule has 0 aromatic heterocycles. The Morgan fingerprint density at radius 2 is 2.00 bits per heavy atom. The third-order valence-electron chi connectivity index (χ3n) is 9.10. The van der Waals surface area contributed by atoms with Crippen LogP contribution < -0.4 is 0 Å². The van der Waals surface area contributed by atoms with Gasteiger partial charge in [-0.15, -0.1) is 0 Å². The number of quaternary nitrogens is 1. The van der Waals surface area contributed by atoms with Gasteiger partial charge in [-0.2, -0.15) is 0 Å². The molecule has 1 spiro atoms. The number of carbonyl (C=O) groups excluding carboxylic acids is 1. The highest BCUT2D eigenvalue weighted by atomic mass is 16.3. The fraction of sp³-hybridized carbons (Fsp3) is 0.682. The quantitative estimate of drug-likeness (QED) is 0.444. The number of carbonyl (C=O) groups is 1. The molecule has 0 radical (unpaired) electrons. The van der Waals surface area contributed by atoms with Crippen LogP contribution >= 0.6 is 0 Å². The van der Waals surface area contributed by atoms with Gasteiger partial charge in [-0.1, -0.05) is 0 Å². The first-order valence-corrected chi connectivity index (χ1v) is 10.6. The first kappa shape index (κ1) is 17.2. The maximum atomic E-state index is 13.0. The summed E-state index contributed by atoms with van der Waals surface area (Å²) in [7, 11) is 2.19. The summed E-state index contributed by atoms with van der Waals surface area (Å²) < 4.78 is 0.706. The van der Waals surface area contributed by atoms with Gasteiger partial charge >= 0.3 is 0 Å². The summed E-state index contributed by atoms with van der Waals surface area (Å²) in [5, 5.41) is 43.0. The summed E-state index contributed by atoms with van der Waals surface area (Å²) in [5.41, 5.74) is 0.997. The molecule has 3 fully saturated rings. The minimum atomic E-state index is -0.986. The molecule has 28 heavy (non-hydrogen) atoms. The molecule has 4 N–H and O–H groups in total. The number of likely N-dealkylation sites (tertiary alicyclic amines) is 1. The molecule has 1 aromatic rings. The molecule has 7 atom stereocenters. The van der Waals surface area contributed by atoms with Crippen LogP contribution in [0.15, 0.2) is 6.07 Å². The second-order valence-corrected chi connectivity index (χ2v) is 10.3. The molecule has 0 amide bonds. The number of aliphatic hydroxyl groups excluding tert-OH is 1. The number of rotatable bonds is 2. The Morgan fingerprint density at radius 1 is 1.25 bits per heavy atom. The van der Waals surface area contributed by atoms with Gasteiger partial charge in [0.15, 0.2) is 11.5 Å². The van der Waals surface area contributed by atoms with Gasteiger partial charge in [-0.25, -0.2) is 0 Å². The molecule has 150 valence electrons. The molecule has 2 bridgehead atoms. The second kappa shape index (κ2) is 4.91. The van der Waals surface area contributed by atoms with Crippen molar-refractivity contribution in [1.82, 2.24) is 0 Å². The lowest BCUT2D eigenvalue weighted by molar-refractivity contribution is -0.950. The summed E-state index contributed by atoms with van der Waals surface area (Å²) in [5.74, 6) is -0.0695. The Balaban J connectivity index is 1.58. The average Bonchev–Trinajstić information content (AvgIpc) is 3.19. The van der Waals surface area contributed by atoms with Gasteiger partial charge < -0.3 is 24.9 Å². The van der Waals surface area contributed by atoms with Crippen molar-refractivity contribution in [3.8, 4) is 11.5 Å². The average molecular weight is 386 g/mol. The van der Waals surface area contributed by atoms with Crippen LogP contribution in [0.4, 0.5) is 0 Å². The van der Waals surface area contributed by atoms with Gasteiger partial charge in [-0.3, -0.25) is 4.79 Å². The summed E-state index contributed by atoms with van der Waals surface area (Å²) in [4.78, 5) is 13.0. The summed E-state index contributed by atoms with van der Waals surface area (Å²) in [6.45, 7) is 1.70. The van der Waals surface area contributed by atoms with Crippen LogP contribution in [-0.2, 0) is 23.1 Å². The molecular weight excluding hydrogens is 358 g/mol.